The molecule has 0 spiro atoms. The van der Waals surface area contributed by atoms with Crippen molar-refractivity contribution in [1.29, 1.82) is 0 Å². The molecule has 0 bridgehead atoms. The minimum atomic E-state index is 0.0538. The van der Waals surface area contributed by atoms with Gasteiger partial charge in [-0.15, -0.1) is 0 Å². The van der Waals surface area contributed by atoms with Gasteiger partial charge in [0.1, 0.15) is 0 Å². The Bertz CT molecular complexity index is 786. The van der Waals surface area contributed by atoms with Gasteiger partial charge in [-0.2, -0.15) is 0 Å². The van der Waals surface area contributed by atoms with Crippen molar-refractivity contribution in [1.82, 2.24) is 20.2 Å². The topological polar surface area (TPSA) is 67.3 Å². The van der Waals surface area contributed by atoms with Crippen LogP contribution in [0.5, 0.6) is 0 Å². The number of urea groups is 1. The largest absolute Gasteiger partial charge is 0.381 e. The van der Waals surface area contributed by atoms with Gasteiger partial charge in [-0.25, -0.2) is 14.8 Å². The van der Waals surface area contributed by atoms with Crippen LogP contribution in [0.3, 0.4) is 0 Å². The highest BCUT2D eigenvalue weighted by molar-refractivity contribution is 6.31. The average Bonchev–Trinajstić information content (AvgIpc) is 2.68. The highest BCUT2D eigenvalue weighted by Crippen LogP contribution is 2.28. The summed E-state index contributed by atoms with van der Waals surface area (Å²) in [6, 6.07) is 6.26. The number of hydrogen-bond acceptors (Lipinski definition) is 4. The van der Waals surface area contributed by atoms with Crippen LogP contribution in [0.1, 0.15) is 37.3 Å². The molecule has 0 unspecified atom stereocenters. The minimum Gasteiger partial charge on any atom is -0.381 e. The molecule has 1 N–H and O–H groups in total. The SMILES string of the molecule is O=C(NC1CCOCC1)N1CCC(c2ccc3cc(Cl)cnc3n2)CC1. The number of carbonyl (C=O) groups is 1. The predicted octanol–water partition coefficient (Wildman–Crippen LogP) is 3.35. The van der Waals surface area contributed by atoms with Gasteiger partial charge in [0.25, 0.3) is 0 Å². The third kappa shape index (κ3) is 3.91. The molecule has 0 saturated carbocycles. The van der Waals surface area contributed by atoms with Gasteiger partial charge in [-0.05, 0) is 43.9 Å². The monoisotopic (exact) mass is 374 g/mol. The quantitative estimate of drug-likeness (QED) is 0.875. The van der Waals surface area contributed by atoms with Crippen molar-refractivity contribution >= 4 is 28.7 Å². The van der Waals surface area contributed by atoms with Gasteiger partial charge >= 0.3 is 6.03 Å². The summed E-state index contributed by atoms with van der Waals surface area (Å²) in [7, 11) is 0. The summed E-state index contributed by atoms with van der Waals surface area (Å²) < 4.78 is 5.34. The molecule has 0 radical (unpaired) electrons. The van der Waals surface area contributed by atoms with E-state index in [0.29, 0.717) is 10.9 Å². The van der Waals surface area contributed by atoms with Crippen molar-refractivity contribution < 1.29 is 9.53 Å². The van der Waals surface area contributed by atoms with Crippen LogP contribution in [0.15, 0.2) is 24.4 Å². The maximum atomic E-state index is 12.5. The Balaban J connectivity index is 1.35. The van der Waals surface area contributed by atoms with E-state index in [-0.39, 0.29) is 12.1 Å². The number of pyridine rings is 2. The number of aromatic nitrogens is 2. The van der Waals surface area contributed by atoms with Crippen molar-refractivity contribution in [2.24, 2.45) is 0 Å². The summed E-state index contributed by atoms with van der Waals surface area (Å²) in [6.45, 7) is 2.99. The van der Waals surface area contributed by atoms with E-state index in [1.165, 1.54) is 0 Å². The van der Waals surface area contributed by atoms with Crippen molar-refractivity contribution in [3.05, 3.63) is 35.1 Å². The number of amides is 2. The van der Waals surface area contributed by atoms with Crippen LogP contribution >= 0.6 is 11.6 Å². The molecule has 2 aliphatic rings. The molecule has 2 fully saturated rings. The van der Waals surface area contributed by atoms with Crippen LogP contribution < -0.4 is 5.32 Å². The fourth-order valence-corrected chi connectivity index (χ4v) is 3.88. The highest BCUT2D eigenvalue weighted by Gasteiger charge is 2.26. The van der Waals surface area contributed by atoms with Crippen LogP contribution in [0, 0.1) is 0 Å². The minimum absolute atomic E-state index is 0.0538. The molecule has 4 rings (SSSR count). The molecule has 2 amide bonds. The first-order valence-electron chi connectivity index (χ1n) is 9.24. The van der Waals surface area contributed by atoms with Crippen molar-refractivity contribution in [2.75, 3.05) is 26.3 Å². The number of fused-ring (bicyclic) bond motifs is 1. The normalized spacial score (nSPS) is 19.7. The van der Waals surface area contributed by atoms with E-state index in [9.17, 15) is 4.79 Å². The van der Waals surface area contributed by atoms with E-state index in [4.69, 9.17) is 21.3 Å². The fraction of sp³-hybridized carbons (Fsp3) is 0.526. The van der Waals surface area contributed by atoms with E-state index in [0.717, 1.165) is 68.7 Å². The molecule has 2 aromatic rings. The summed E-state index contributed by atoms with van der Waals surface area (Å²) in [5, 5.41) is 4.72. The van der Waals surface area contributed by atoms with E-state index >= 15 is 0 Å². The standard InChI is InChI=1S/C19H23ClN4O2/c20-15-11-14-1-2-17(23-18(14)21-12-15)13-3-7-24(8-4-13)19(25)22-16-5-9-26-10-6-16/h1-2,11-13,16H,3-10H2,(H,22,25). The van der Waals surface area contributed by atoms with Gasteiger partial charge in [-0.3, -0.25) is 0 Å². The van der Waals surface area contributed by atoms with Gasteiger partial charge in [-0.1, -0.05) is 11.6 Å². The molecule has 26 heavy (non-hydrogen) atoms. The summed E-state index contributed by atoms with van der Waals surface area (Å²) in [5.74, 6) is 0.365. The maximum Gasteiger partial charge on any atom is 0.317 e. The molecule has 4 heterocycles. The summed E-state index contributed by atoms with van der Waals surface area (Å²) in [6.07, 6.45) is 5.28. The lowest BCUT2D eigenvalue weighted by molar-refractivity contribution is 0.0775. The van der Waals surface area contributed by atoms with Crippen molar-refractivity contribution in [3.63, 3.8) is 0 Å². The summed E-state index contributed by atoms with van der Waals surface area (Å²) in [4.78, 5) is 23.4. The maximum absolute atomic E-state index is 12.5. The zero-order valence-corrected chi connectivity index (χ0v) is 15.4. The summed E-state index contributed by atoms with van der Waals surface area (Å²) in [5.41, 5.74) is 1.78. The molecular weight excluding hydrogens is 352 g/mol. The van der Waals surface area contributed by atoms with Crippen LogP contribution in [0.2, 0.25) is 5.02 Å². The van der Waals surface area contributed by atoms with Gasteiger partial charge in [0.2, 0.25) is 0 Å². The molecular formula is C19H23ClN4O2. The lowest BCUT2D eigenvalue weighted by Gasteiger charge is -2.33. The van der Waals surface area contributed by atoms with E-state index in [1.54, 1.807) is 6.20 Å². The summed E-state index contributed by atoms with van der Waals surface area (Å²) >= 11 is 5.98. The molecule has 0 aliphatic carbocycles. The van der Waals surface area contributed by atoms with Gasteiger partial charge < -0.3 is 15.0 Å². The molecule has 6 nitrogen and oxygen atoms in total. The zero-order chi connectivity index (χ0) is 17.9. The number of likely N-dealkylation sites (tertiary alicyclic amines) is 1. The molecule has 0 atom stereocenters. The molecule has 2 aliphatic heterocycles. The number of nitrogens with one attached hydrogen (secondary N) is 1. The number of ether oxygens (including phenoxy) is 1. The first-order valence-corrected chi connectivity index (χ1v) is 9.62. The van der Waals surface area contributed by atoms with E-state index in [2.05, 4.69) is 16.4 Å². The van der Waals surface area contributed by atoms with Crippen molar-refractivity contribution in [3.8, 4) is 0 Å². The number of halogens is 1. The highest BCUT2D eigenvalue weighted by atomic mass is 35.5. The van der Waals surface area contributed by atoms with Crippen LogP contribution in [-0.2, 0) is 4.74 Å². The fourth-order valence-electron chi connectivity index (χ4n) is 3.71. The third-order valence-electron chi connectivity index (χ3n) is 5.28. The Hall–Kier alpha value is -1.92. The number of nitrogens with zero attached hydrogens (tertiary/aromatic N) is 3. The van der Waals surface area contributed by atoms with Gasteiger partial charge in [0.15, 0.2) is 5.65 Å². The first kappa shape index (κ1) is 17.5. The lowest BCUT2D eigenvalue weighted by Crippen LogP contribution is -2.49. The van der Waals surface area contributed by atoms with Gasteiger partial charge in [0.05, 0.1) is 5.02 Å². The first-order chi connectivity index (χ1) is 12.7. The molecule has 7 heteroatoms. The van der Waals surface area contributed by atoms with Crippen LogP contribution in [0.25, 0.3) is 11.0 Å². The number of carbonyl (C=O) groups excluding carboxylic acids is 1. The van der Waals surface area contributed by atoms with Crippen LogP contribution in [0.4, 0.5) is 4.79 Å². The molecule has 138 valence electrons. The number of piperidine rings is 1. The zero-order valence-electron chi connectivity index (χ0n) is 14.7. The number of hydrogen-bond donors (Lipinski definition) is 1. The Morgan fingerprint density at radius 3 is 2.73 bits per heavy atom. The second-order valence-corrected chi connectivity index (χ2v) is 7.47. The Morgan fingerprint density at radius 2 is 1.96 bits per heavy atom. The van der Waals surface area contributed by atoms with Gasteiger partial charge in [0, 0.05) is 55.5 Å². The Morgan fingerprint density at radius 1 is 1.19 bits per heavy atom. The molecule has 2 saturated heterocycles. The second-order valence-electron chi connectivity index (χ2n) is 7.03. The average molecular weight is 375 g/mol. The predicted molar refractivity (Wildman–Crippen MR) is 100 cm³/mol. The molecule has 2 aromatic heterocycles. The van der Waals surface area contributed by atoms with Crippen molar-refractivity contribution in [2.45, 2.75) is 37.6 Å². The Kier molecular flexibility index (Phi) is 5.22. The second kappa shape index (κ2) is 7.76. The smallest absolute Gasteiger partial charge is 0.317 e. The van der Waals surface area contributed by atoms with Crippen LogP contribution in [-0.4, -0.2) is 53.2 Å². The molecule has 0 aromatic carbocycles. The van der Waals surface area contributed by atoms with E-state index in [1.807, 2.05) is 17.0 Å². The third-order valence-corrected chi connectivity index (χ3v) is 5.49. The lowest BCUT2D eigenvalue weighted by atomic mass is 9.93. The Labute approximate surface area is 157 Å². The number of rotatable bonds is 2. The van der Waals surface area contributed by atoms with E-state index < -0.39 is 0 Å².